The van der Waals surface area contributed by atoms with E-state index in [1.54, 1.807) is 7.11 Å². The summed E-state index contributed by atoms with van der Waals surface area (Å²) < 4.78 is 16.2. The molecule has 1 N–H and O–H groups in total. The Bertz CT molecular complexity index is 369. The Morgan fingerprint density at radius 1 is 1.10 bits per heavy atom. The average Bonchev–Trinajstić information content (AvgIpc) is 2.47. The monoisotopic (exact) mass is 295 g/mol. The van der Waals surface area contributed by atoms with E-state index in [1.165, 1.54) is 5.56 Å². The summed E-state index contributed by atoms with van der Waals surface area (Å²) in [5.74, 6) is 1.58. The molecule has 0 saturated heterocycles. The third-order valence-electron chi connectivity index (χ3n) is 3.05. The first-order chi connectivity index (χ1) is 10.2. The lowest BCUT2D eigenvalue weighted by Gasteiger charge is -2.10. The van der Waals surface area contributed by atoms with Crippen LogP contribution in [0.3, 0.4) is 0 Å². The van der Waals surface area contributed by atoms with Gasteiger partial charge in [-0.05, 0) is 30.0 Å². The zero-order valence-corrected chi connectivity index (χ0v) is 13.6. The largest absolute Gasteiger partial charge is 0.491 e. The van der Waals surface area contributed by atoms with E-state index in [9.17, 15) is 0 Å². The van der Waals surface area contributed by atoms with Gasteiger partial charge in [0, 0.05) is 26.8 Å². The molecular formula is C17H29NO3. The molecule has 0 saturated carbocycles. The van der Waals surface area contributed by atoms with E-state index in [4.69, 9.17) is 14.2 Å². The molecule has 0 aliphatic heterocycles. The molecule has 1 rings (SSSR count). The van der Waals surface area contributed by atoms with Crippen molar-refractivity contribution in [2.24, 2.45) is 5.92 Å². The Hall–Kier alpha value is -1.10. The van der Waals surface area contributed by atoms with Gasteiger partial charge in [-0.2, -0.15) is 0 Å². The van der Waals surface area contributed by atoms with E-state index in [1.807, 2.05) is 12.1 Å². The van der Waals surface area contributed by atoms with Crippen molar-refractivity contribution in [3.8, 4) is 5.75 Å². The van der Waals surface area contributed by atoms with E-state index in [2.05, 4.69) is 31.3 Å². The molecule has 1 aromatic rings. The van der Waals surface area contributed by atoms with Crippen LogP contribution < -0.4 is 10.1 Å². The van der Waals surface area contributed by atoms with Crippen LogP contribution in [0.4, 0.5) is 0 Å². The summed E-state index contributed by atoms with van der Waals surface area (Å²) in [5, 5.41) is 3.32. The number of hydrogen-bond donors (Lipinski definition) is 1. The fraction of sp³-hybridized carbons (Fsp3) is 0.647. The van der Waals surface area contributed by atoms with E-state index < -0.39 is 0 Å². The molecule has 0 fully saturated rings. The minimum Gasteiger partial charge on any atom is -0.491 e. The molecule has 120 valence electrons. The van der Waals surface area contributed by atoms with E-state index in [-0.39, 0.29) is 0 Å². The zero-order chi connectivity index (χ0) is 15.3. The molecule has 21 heavy (non-hydrogen) atoms. The number of methoxy groups -OCH3 is 1. The number of hydrogen-bond acceptors (Lipinski definition) is 4. The van der Waals surface area contributed by atoms with Gasteiger partial charge >= 0.3 is 0 Å². The quantitative estimate of drug-likeness (QED) is 0.602. The first-order valence-corrected chi connectivity index (χ1v) is 7.71. The molecule has 0 aliphatic carbocycles. The summed E-state index contributed by atoms with van der Waals surface area (Å²) in [6.45, 7) is 8.85. The lowest BCUT2D eigenvalue weighted by molar-refractivity contribution is 0.0925. The van der Waals surface area contributed by atoms with Crippen LogP contribution in [-0.2, 0) is 16.0 Å². The molecule has 0 aliphatic rings. The van der Waals surface area contributed by atoms with Crippen molar-refractivity contribution in [2.45, 2.75) is 26.8 Å². The van der Waals surface area contributed by atoms with Crippen molar-refractivity contribution in [2.75, 3.05) is 40.1 Å². The van der Waals surface area contributed by atoms with E-state index in [0.717, 1.165) is 38.5 Å². The fourth-order valence-corrected chi connectivity index (χ4v) is 1.79. The van der Waals surface area contributed by atoms with Gasteiger partial charge in [-0.25, -0.2) is 0 Å². The molecule has 0 unspecified atom stereocenters. The maximum atomic E-state index is 5.70. The van der Waals surface area contributed by atoms with Gasteiger partial charge in [0.05, 0.1) is 13.2 Å². The van der Waals surface area contributed by atoms with Crippen LogP contribution >= 0.6 is 0 Å². The van der Waals surface area contributed by atoms with Gasteiger partial charge < -0.3 is 19.5 Å². The van der Waals surface area contributed by atoms with Crippen LogP contribution in [0, 0.1) is 5.92 Å². The van der Waals surface area contributed by atoms with Gasteiger partial charge in [0.2, 0.25) is 0 Å². The Kier molecular flexibility index (Phi) is 9.87. The summed E-state index contributed by atoms with van der Waals surface area (Å²) in [6.07, 6.45) is 1.10. The number of benzene rings is 1. The van der Waals surface area contributed by atoms with Crippen LogP contribution in [0.15, 0.2) is 24.3 Å². The molecule has 0 bridgehead atoms. The smallest absolute Gasteiger partial charge is 0.119 e. The fourth-order valence-electron chi connectivity index (χ4n) is 1.79. The summed E-state index contributed by atoms with van der Waals surface area (Å²) in [7, 11) is 1.71. The highest BCUT2D eigenvalue weighted by Crippen LogP contribution is 2.13. The third-order valence-corrected chi connectivity index (χ3v) is 3.05. The average molecular weight is 295 g/mol. The number of ether oxygens (including phenoxy) is 3. The van der Waals surface area contributed by atoms with Crippen LogP contribution in [0.1, 0.15) is 25.8 Å². The Labute approximate surface area is 128 Å². The molecule has 0 spiro atoms. The highest BCUT2D eigenvalue weighted by molar-refractivity contribution is 5.28. The normalized spacial score (nSPS) is 11.0. The van der Waals surface area contributed by atoms with Crippen molar-refractivity contribution in [3.63, 3.8) is 0 Å². The summed E-state index contributed by atoms with van der Waals surface area (Å²) in [4.78, 5) is 0. The number of nitrogens with one attached hydrogen (secondary N) is 1. The SMILES string of the molecule is COCCNCc1cccc(OCCOCCC(C)C)c1. The second kappa shape index (κ2) is 11.5. The maximum absolute atomic E-state index is 5.70. The lowest BCUT2D eigenvalue weighted by Crippen LogP contribution is -2.18. The predicted octanol–water partition coefficient (Wildman–Crippen LogP) is 2.86. The topological polar surface area (TPSA) is 39.7 Å². The number of rotatable bonds is 12. The Morgan fingerprint density at radius 3 is 2.71 bits per heavy atom. The maximum Gasteiger partial charge on any atom is 0.119 e. The second-order valence-corrected chi connectivity index (χ2v) is 5.46. The van der Waals surface area contributed by atoms with E-state index >= 15 is 0 Å². The first-order valence-electron chi connectivity index (χ1n) is 7.71. The van der Waals surface area contributed by atoms with Crippen molar-refractivity contribution < 1.29 is 14.2 Å². The van der Waals surface area contributed by atoms with Crippen LogP contribution in [0.25, 0.3) is 0 Å². The zero-order valence-electron chi connectivity index (χ0n) is 13.6. The van der Waals surface area contributed by atoms with Gasteiger partial charge in [-0.1, -0.05) is 26.0 Å². The van der Waals surface area contributed by atoms with Crippen LogP contribution in [0.2, 0.25) is 0 Å². The highest BCUT2D eigenvalue weighted by atomic mass is 16.5. The lowest BCUT2D eigenvalue weighted by atomic mass is 10.1. The van der Waals surface area contributed by atoms with Gasteiger partial charge in [0.1, 0.15) is 12.4 Å². The van der Waals surface area contributed by atoms with Crippen molar-refractivity contribution >= 4 is 0 Å². The molecule has 0 amide bonds. The highest BCUT2D eigenvalue weighted by Gasteiger charge is 1.98. The van der Waals surface area contributed by atoms with Crippen molar-refractivity contribution in [1.82, 2.24) is 5.32 Å². The van der Waals surface area contributed by atoms with Gasteiger partial charge in [-0.3, -0.25) is 0 Å². The molecule has 1 aromatic carbocycles. The first kappa shape index (κ1) is 18.0. The van der Waals surface area contributed by atoms with Crippen LogP contribution in [-0.4, -0.2) is 40.1 Å². The Balaban J connectivity index is 2.17. The molecule has 0 aromatic heterocycles. The minimum absolute atomic E-state index is 0.596. The van der Waals surface area contributed by atoms with Gasteiger partial charge in [0.15, 0.2) is 0 Å². The third kappa shape index (κ3) is 9.45. The van der Waals surface area contributed by atoms with Crippen molar-refractivity contribution in [1.29, 1.82) is 0 Å². The predicted molar refractivity (Wildman–Crippen MR) is 85.8 cm³/mol. The standard InChI is InChI=1S/C17H29NO3/c1-15(2)7-9-20-11-12-21-17-6-4-5-16(13-17)14-18-8-10-19-3/h4-6,13,15,18H,7-12,14H2,1-3H3. The second-order valence-electron chi connectivity index (χ2n) is 5.46. The summed E-state index contributed by atoms with van der Waals surface area (Å²) in [6, 6.07) is 8.15. The Morgan fingerprint density at radius 2 is 1.95 bits per heavy atom. The minimum atomic E-state index is 0.596. The summed E-state index contributed by atoms with van der Waals surface area (Å²) >= 11 is 0. The van der Waals surface area contributed by atoms with Gasteiger partial charge in [-0.15, -0.1) is 0 Å². The van der Waals surface area contributed by atoms with Crippen molar-refractivity contribution in [3.05, 3.63) is 29.8 Å². The molecule has 4 heteroatoms. The molecule has 0 heterocycles. The molecule has 0 radical (unpaired) electrons. The molecule has 0 atom stereocenters. The van der Waals surface area contributed by atoms with Gasteiger partial charge in [0.25, 0.3) is 0 Å². The van der Waals surface area contributed by atoms with E-state index in [0.29, 0.717) is 19.1 Å². The van der Waals surface area contributed by atoms with Crippen LogP contribution in [0.5, 0.6) is 5.75 Å². The molecular weight excluding hydrogens is 266 g/mol. The summed E-state index contributed by atoms with van der Waals surface area (Å²) in [5.41, 5.74) is 1.21. The molecule has 4 nitrogen and oxygen atoms in total.